The largest absolute Gasteiger partial charge is 0.399 e. The van der Waals surface area contributed by atoms with Crippen LogP contribution in [0.1, 0.15) is 31.2 Å². The van der Waals surface area contributed by atoms with Crippen molar-refractivity contribution in [2.45, 2.75) is 32.1 Å². The van der Waals surface area contributed by atoms with Crippen LogP contribution in [0, 0.1) is 0 Å². The highest BCUT2D eigenvalue weighted by Gasteiger charge is 2.24. The zero-order valence-corrected chi connectivity index (χ0v) is 18.0. The van der Waals surface area contributed by atoms with Crippen LogP contribution < -0.4 is 5.73 Å². The van der Waals surface area contributed by atoms with E-state index in [1.807, 2.05) is 34.1 Å². The standard InChI is InChI=1S/C20H30N4O2.2ClH/c21-18-7-5-17(6-8-18)15-19(25)24-13-11-22(12-14-24)16-20(26)23-9-3-1-2-4-10-23;;/h5-8H,1-4,9-16,21H2;2*1H. The molecule has 2 aliphatic rings. The summed E-state index contributed by atoms with van der Waals surface area (Å²) in [5, 5.41) is 0. The van der Waals surface area contributed by atoms with Gasteiger partial charge in [-0.15, -0.1) is 24.8 Å². The lowest BCUT2D eigenvalue weighted by molar-refractivity contribution is -0.134. The fourth-order valence-corrected chi connectivity index (χ4v) is 3.69. The molecule has 3 rings (SSSR count). The fraction of sp³-hybridized carbons (Fsp3) is 0.600. The second-order valence-electron chi connectivity index (χ2n) is 7.37. The van der Waals surface area contributed by atoms with Crippen molar-refractivity contribution in [3.8, 4) is 0 Å². The summed E-state index contributed by atoms with van der Waals surface area (Å²) in [6.45, 7) is 5.22. The van der Waals surface area contributed by atoms with Gasteiger partial charge in [-0.3, -0.25) is 14.5 Å². The van der Waals surface area contributed by atoms with E-state index < -0.39 is 0 Å². The molecule has 0 aliphatic carbocycles. The number of hydrogen-bond donors (Lipinski definition) is 1. The maximum Gasteiger partial charge on any atom is 0.236 e. The van der Waals surface area contributed by atoms with Crippen LogP contribution in [-0.2, 0) is 16.0 Å². The quantitative estimate of drug-likeness (QED) is 0.743. The van der Waals surface area contributed by atoms with Crippen LogP contribution in [0.2, 0.25) is 0 Å². The summed E-state index contributed by atoms with van der Waals surface area (Å²) in [5.41, 5.74) is 7.39. The molecule has 2 N–H and O–H groups in total. The summed E-state index contributed by atoms with van der Waals surface area (Å²) < 4.78 is 0. The zero-order chi connectivity index (χ0) is 18.4. The molecule has 2 aliphatic heterocycles. The molecule has 0 saturated carbocycles. The van der Waals surface area contributed by atoms with Crippen molar-refractivity contribution in [2.75, 3.05) is 51.5 Å². The molecule has 0 radical (unpaired) electrons. The predicted octanol–water partition coefficient (Wildman–Crippen LogP) is 2.20. The highest BCUT2D eigenvalue weighted by Crippen LogP contribution is 2.12. The molecule has 1 aromatic carbocycles. The van der Waals surface area contributed by atoms with Gasteiger partial charge in [0.15, 0.2) is 0 Å². The van der Waals surface area contributed by atoms with Crippen molar-refractivity contribution < 1.29 is 9.59 Å². The van der Waals surface area contributed by atoms with E-state index >= 15 is 0 Å². The summed E-state index contributed by atoms with van der Waals surface area (Å²) >= 11 is 0. The third-order valence-corrected chi connectivity index (χ3v) is 5.38. The first kappa shape index (κ1) is 24.5. The number of anilines is 1. The summed E-state index contributed by atoms with van der Waals surface area (Å²) in [6.07, 6.45) is 5.13. The van der Waals surface area contributed by atoms with Gasteiger partial charge in [-0.1, -0.05) is 25.0 Å². The first-order valence-corrected chi connectivity index (χ1v) is 9.74. The molecule has 0 bridgehead atoms. The predicted molar refractivity (Wildman–Crippen MR) is 117 cm³/mol. The first-order chi connectivity index (χ1) is 12.6. The minimum Gasteiger partial charge on any atom is -0.399 e. The lowest BCUT2D eigenvalue weighted by atomic mass is 10.1. The SMILES string of the molecule is Cl.Cl.Nc1ccc(CC(=O)N2CCN(CC(=O)N3CCCCCC3)CC2)cc1. The summed E-state index contributed by atoms with van der Waals surface area (Å²) in [7, 11) is 0. The molecule has 158 valence electrons. The molecule has 0 atom stereocenters. The Balaban J connectivity index is 0.00000196. The van der Waals surface area contributed by atoms with Crippen molar-refractivity contribution in [3.05, 3.63) is 29.8 Å². The number of carbonyl (C=O) groups excluding carboxylic acids is 2. The number of likely N-dealkylation sites (tertiary alicyclic amines) is 1. The topological polar surface area (TPSA) is 69.9 Å². The van der Waals surface area contributed by atoms with E-state index in [0.29, 0.717) is 31.7 Å². The van der Waals surface area contributed by atoms with Crippen LogP contribution in [0.25, 0.3) is 0 Å². The third kappa shape index (κ3) is 7.15. The minimum atomic E-state index is 0. The number of rotatable bonds is 4. The number of carbonyl (C=O) groups is 2. The van der Waals surface area contributed by atoms with E-state index in [-0.39, 0.29) is 36.6 Å². The fourth-order valence-electron chi connectivity index (χ4n) is 3.69. The van der Waals surface area contributed by atoms with Gasteiger partial charge in [0.25, 0.3) is 0 Å². The third-order valence-electron chi connectivity index (χ3n) is 5.38. The van der Waals surface area contributed by atoms with E-state index in [1.165, 1.54) is 12.8 Å². The molecule has 6 nitrogen and oxygen atoms in total. The summed E-state index contributed by atoms with van der Waals surface area (Å²) in [4.78, 5) is 31.1. The Morgan fingerprint density at radius 3 is 1.86 bits per heavy atom. The van der Waals surface area contributed by atoms with Gasteiger partial charge in [0.2, 0.25) is 11.8 Å². The van der Waals surface area contributed by atoms with Crippen LogP contribution in [-0.4, -0.2) is 72.3 Å². The van der Waals surface area contributed by atoms with Gasteiger partial charge >= 0.3 is 0 Å². The summed E-state index contributed by atoms with van der Waals surface area (Å²) in [5.74, 6) is 0.391. The van der Waals surface area contributed by atoms with E-state index in [2.05, 4.69) is 4.90 Å². The van der Waals surface area contributed by atoms with Gasteiger partial charge in [-0.25, -0.2) is 0 Å². The molecule has 8 heteroatoms. The number of hydrogen-bond acceptors (Lipinski definition) is 4. The molecule has 2 amide bonds. The second kappa shape index (κ2) is 12.1. The second-order valence-corrected chi connectivity index (χ2v) is 7.37. The molecule has 0 aromatic heterocycles. The number of piperazine rings is 1. The maximum atomic E-state index is 12.5. The Kier molecular flexibility index (Phi) is 10.6. The number of nitrogen functional groups attached to an aromatic ring is 1. The van der Waals surface area contributed by atoms with Crippen molar-refractivity contribution >= 4 is 42.3 Å². The van der Waals surface area contributed by atoms with Gasteiger partial charge < -0.3 is 15.5 Å². The molecule has 1 aromatic rings. The van der Waals surface area contributed by atoms with Crippen molar-refractivity contribution in [2.24, 2.45) is 0 Å². The summed E-state index contributed by atoms with van der Waals surface area (Å²) in [6, 6.07) is 7.47. The lowest BCUT2D eigenvalue weighted by Crippen LogP contribution is -2.52. The van der Waals surface area contributed by atoms with Crippen LogP contribution in [0.4, 0.5) is 5.69 Å². The van der Waals surface area contributed by atoms with Crippen LogP contribution in [0.5, 0.6) is 0 Å². The van der Waals surface area contributed by atoms with E-state index in [0.717, 1.165) is 44.6 Å². The number of amides is 2. The van der Waals surface area contributed by atoms with E-state index in [9.17, 15) is 9.59 Å². The Morgan fingerprint density at radius 2 is 1.29 bits per heavy atom. The minimum absolute atomic E-state index is 0. The molecule has 0 unspecified atom stereocenters. The smallest absolute Gasteiger partial charge is 0.236 e. The average Bonchev–Trinajstić information content (AvgIpc) is 2.94. The van der Waals surface area contributed by atoms with Crippen LogP contribution in [0.15, 0.2) is 24.3 Å². The Hall–Kier alpha value is -1.50. The van der Waals surface area contributed by atoms with Crippen LogP contribution >= 0.6 is 24.8 Å². The molecule has 2 fully saturated rings. The van der Waals surface area contributed by atoms with Gasteiger partial charge in [0, 0.05) is 45.0 Å². The van der Waals surface area contributed by atoms with Gasteiger partial charge in [-0.05, 0) is 30.5 Å². The van der Waals surface area contributed by atoms with Gasteiger partial charge in [0.1, 0.15) is 0 Å². The van der Waals surface area contributed by atoms with Gasteiger partial charge in [-0.2, -0.15) is 0 Å². The van der Waals surface area contributed by atoms with Gasteiger partial charge in [0.05, 0.1) is 13.0 Å². The number of benzene rings is 1. The highest BCUT2D eigenvalue weighted by molar-refractivity contribution is 5.85. The Bertz CT molecular complexity index is 611. The number of halogens is 2. The van der Waals surface area contributed by atoms with Crippen molar-refractivity contribution in [1.29, 1.82) is 0 Å². The van der Waals surface area contributed by atoms with Crippen LogP contribution in [0.3, 0.4) is 0 Å². The maximum absolute atomic E-state index is 12.5. The van der Waals surface area contributed by atoms with Crippen molar-refractivity contribution in [1.82, 2.24) is 14.7 Å². The molecule has 2 heterocycles. The van der Waals surface area contributed by atoms with E-state index in [4.69, 9.17) is 5.73 Å². The first-order valence-electron chi connectivity index (χ1n) is 9.74. The lowest BCUT2D eigenvalue weighted by Gasteiger charge is -2.35. The number of nitrogens with two attached hydrogens (primary N) is 1. The monoisotopic (exact) mass is 430 g/mol. The molecular formula is C20H32Cl2N4O2. The highest BCUT2D eigenvalue weighted by atomic mass is 35.5. The molecular weight excluding hydrogens is 399 g/mol. The average molecular weight is 431 g/mol. The number of nitrogens with zero attached hydrogens (tertiary/aromatic N) is 3. The molecule has 28 heavy (non-hydrogen) atoms. The van der Waals surface area contributed by atoms with Crippen molar-refractivity contribution in [3.63, 3.8) is 0 Å². The molecule has 0 spiro atoms. The zero-order valence-electron chi connectivity index (χ0n) is 16.3. The Labute approximate surface area is 180 Å². The molecule has 2 saturated heterocycles. The Morgan fingerprint density at radius 1 is 0.750 bits per heavy atom. The van der Waals surface area contributed by atoms with E-state index in [1.54, 1.807) is 0 Å². The normalized spacial score (nSPS) is 17.9.